The van der Waals surface area contributed by atoms with Gasteiger partial charge in [0.2, 0.25) is 0 Å². The van der Waals surface area contributed by atoms with Gasteiger partial charge in [0.1, 0.15) is 0 Å². The van der Waals surface area contributed by atoms with Gasteiger partial charge >= 0.3 is 0 Å². The molecule has 2 aromatic carbocycles. The zero-order valence-corrected chi connectivity index (χ0v) is 15.9. The van der Waals surface area contributed by atoms with Gasteiger partial charge in [-0.3, -0.25) is 4.98 Å². The van der Waals surface area contributed by atoms with Gasteiger partial charge in [0.05, 0.1) is 13.8 Å². The van der Waals surface area contributed by atoms with Crippen LogP contribution in [0.2, 0.25) is 19.6 Å². The number of hydrogen-bond donors (Lipinski definition) is 0. The molecule has 0 N–H and O–H groups in total. The second-order valence-electron chi connectivity index (χ2n) is 7.25. The van der Waals surface area contributed by atoms with Crippen LogP contribution in [0.25, 0.3) is 11.3 Å². The summed E-state index contributed by atoms with van der Waals surface area (Å²) in [4.78, 5) is 4.58. The Morgan fingerprint density at radius 1 is 0.875 bits per heavy atom. The summed E-state index contributed by atoms with van der Waals surface area (Å²) < 4.78 is 8.90. The average molecular weight is 333 g/mol. The monoisotopic (exact) mass is 332 g/mol. The fourth-order valence-corrected chi connectivity index (χ4v) is 3.97. The molecule has 0 amide bonds. The van der Waals surface area contributed by atoms with Crippen molar-refractivity contribution < 1.29 is 1.37 Å². The number of benzene rings is 2. The molecule has 0 aliphatic carbocycles. The minimum atomic E-state index is -1.38. The van der Waals surface area contributed by atoms with Crippen LogP contribution in [0.3, 0.4) is 0 Å². The summed E-state index contributed by atoms with van der Waals surface area (Å²) in [6.07, 6.45) is 1.91. The predicted octanol–water partition coefficient (Wildman–Crippen LogP) is 5.45. The molecule has 0 spiro atoms. The van der Waals surface area contributed by atoms with Crippen molar-refractivity contribution in [2.75, 3.05) is 0 Å². The largest absolute Gasteiger partial charge is 0.256 e. The Morgan fingerprint density at radius 2 is 1.58 bits per heavy atom. The molecule has 0 aliphatic rings. The van der Waals surface area contributed by atoms with Gasteiger partial charge in [0.15, 0.2) is 0 Å². The highest BCUT2D eigenvalue weighted by atomic mass is 28.3. The standard InChI is InChI=1S/C22H25NSi/c1-17(18-9-6-5-7-10-18)19-11-8-12-20(15-19)22-16-21(13-14-23-22)24(2,3)4/h5-17H,1-4H3/i17D. The van der Waals surface area contributed by atoms with Gasteiger partial charge in [-0.1, -0.05) is 80.3 Å². The third-order valence-electron chi connectivity index (χ3n) is 4.42. The molecule has 0 fully saturated rings. The number of aromatic nitrogens is 1. The summed E-state index contributed by atoms with van der Waals surface area (Å²) in [6, 6.07) is 22.6. The van der Waals surface area contributed by atoms with Gasteiger partial charge in [-0.25, -0.2) is 0 Å². The van der Waals surface area contributed by atoms with E-state index in [1.165, 1.54) is 5.19 Å². The van der Waals surface area contributed by atoms with Crippen molar-refractivity contribution in [1.29, 1.82) is 0 Å². The van der Waals surface area contributed by atoms with Crippen LogP contribution in [0.4, 0.5) is 0 Å². The predicted molar refractivity (Wildman–Crippen MR) is 107 cm³/mol. The molecule has 1 nitrogen and oxygen atoms in total. The molecule has 0 radical (unpaired) electrons. The van der Waals surface area contributed by atoms with Crippen molar-refractivity contribution in [3.05, 3.63) is 84.1 Å². The van der Waals surface area contributed by atoms with Crippen molar-refractivity contribution in [1.82, 2.24) is 4.98 Å². The summed E-state index contributed by atoms with van der Waals surface area (Å²) in [6.45, 7) is 8.99. The highest BCUT2D eigenvalue weighted by Crippen LogP contribution is 2.27. The molecule has 122 valence electrons. The van der Waals surface area contributed by atoms with E-state index in [0.717, 1.165) is 22.4 Å². The first kappa shape index (κ1) is 15.3. The van der Waals surface area contributed by atoms with Gasteiger partial charge in [-0.05, 0) is 29.3 Å². The van der Waals surface area contributed by atoms with Crippen LogP contribution >= 0.6 is 0 Å². The molecule has 24 heavy (non-hydrogen) atoms. The maximum absolute atomic E-state index is 8.90. The highest BCUT2D eigenvalue weighted by Gasteiger charge is 2.17. The second kappa shape index (κ2) is 6.74. The summed E-state index contributed by atoms with van der Waals surface area (Å²) >= 11 is 0. The maximum atomic E-state index is 8.90. The molecule has 1 aromatic heterocycles. The van der Waals surface area contributed by atoms with E-state index in [1.54, 1.807) is 0 Å². The molecule has 1 unspecified atom stereocenters. The fourth-order valence-electron chi connectivity index (χ4n) is 2.82. The van der Waals surface area contributed by atoms with Crippen LogP contribution in [0.5, 0.6) is 0 Å². The first-order valence-electron chi connectivity index (χ1n) is 8.91. The third-order valence-corrected chi connectivity index (χ3v) is 6.47. The van der Waals surface area contributed by atoms with Crippen molar-refractivity contribution >= 4 is 13.3 Å². The molecule has 1 atom stereocenters. The molecule has 3 rings (SSSR count). The van der Waals surface area contributed by atoms with E-state index in [4.69, 9.17) is 1.37 Å². The first-order valence-corrected chi connectivity index (χ1v) is 11.9. The average Bonchev–Trinajstić information content (AvgIpc) is 2.62. The van der Waals surface area contributed by atoms with E-state index in [2.05, 4.69) is 48.9 Å². The van der Waals surface area contributed by atoms with Gasteiger partial charge in [0.25, 0.3) is 0 Å². The minimum Gasteiger partial charge on any atom is -0.256 e. The summed E-state index contributed by atoms with van der Waals surface area (Å²) in [5.74, 6) is -0.784. The van der Waals surface area contributed by atoms with Crippen molar-refractivity contribution in [3.63, 3.8) is 0 Å². The Hall–Kier alpha value is -2.19. The first-order chi connectivity index (χ1) is 11.8. The normalized spacial score (nSPS) is 14.8. The Kier molecular flexibility index (Phi) is 4.31. The van der Waals surface area contributed by atoms with E-state index >= 15 is 0 Å². The Labute approximate surface area is 147 Å². The Balaban J connectivity index is 2.03. The lowest BCUT2D eigenvalue weighted by Crippen LogP contribution is -2.37. The number of rotatable bonds is 4. The number of hydrogen-bond acceptors (Lipinski definition) is 1. The molecule has 0 saturated carbocycles. The summed E-state index contributed by atoms with van der Waals surface area (Å²) in [7, 11) is -1.38. The second-order valence-corrected chi connectivity index (χ2v) is 12.3. The summed E-state index contributed by atoms with van der Waals surface area (Å²) in [5, 5.41) is 1.40. The lowest BCUT2D eigenvalue weighted by atomic mass is 9.91. The van der Waals surface area contributed by atoms with Crippen LogP contribution in [0, 0.1) is 0 Å². The van der Waals surface area contributed by atoms with Crippen LogP contribution in [0.15, 0.2) is 72.9 Å². The zero-order valence-electron chi connectivity index (χ0n) is 15.9. The van der Waals surface area contributed by atoms with E-state index < -0.39 is 14.0 Å². The molecule has 2 heteroatoms. The quantitative estimate of drug-likeness (QED) is 0.579. The molecular weight excluding hydrogens is 306 g/mol. The topological polar surface area (TPSA) is 12.9 Å². The fraction of sp³-hybridized carbons (Fsp3) is 0.227. The summed E-state index contributed by atoms with van der Waals surface area (Å²) in [5.41, 5.74) is 4.05. The number of pyridine rings is 1. The molecule has 0 aliphatic heterocycles. The Bertz CT molecular complexity index is 866. The molecule has 0 bridgehead atoms. The highest BCUT2D eigenvalue weighted by molar-refractivity contribution is 6.88. The van der Waals surface area contributed by atoms with Crippen LogP contribution in [-0.2, 0) is 0 Å². The van der Waals surface area contributed by atoms with Crippen LogP contribution in [-0.4, -0.2) is 13.1 Å². The van der Waals surface area contributed by atoms with E-state index in [1.807, 2.05) is 55.6 Å². The Morgan fingerprint density at radius 3 is 2.29 bits per heavy atom. The number of nitrogens with zero attached hydrogens (tertiary/aromatic N) is 1. The molecule has 0 saturated heterocycles. The molecule has 1 heterocycles. The van der Waals surface area contributed by atoms with E-state index in [0.29, 0.717) is 0 Å². The van der Waals surface area contributed by atoms with E-state index in [9.17, 15) is 0 Å². The smallest absolute Gasteiger partial charge is 0.0777 e. The lowest BCUT2D eigenvalue weighted by Gasteiger charge is -2.18. The van der Waals surface area contributed by atoms with Crippen molar-refractivity contribution in [3.8, 4) is 11.3 Å². The van der Waals surface area contributed by atoms with Gasteiger partial charge in [-0.2, -0.15) is 0 Å². The van der Waals surface area contributed by atoms with Gasteiger partial charge in [0, 0.05) is 19.0 Å². The maximum Gasteiger partial charge on any atom is 0.0777 e. The van der Waals surface area contributed by atoms with Gasteiger partial charge in [-0.15, -0.1) is 0 Å². The van der Waals surface area contributed by atoms with Crippen LogP contribution in [0.1, 0.15) is 25.3 Å². The SMILES string of the molecule is [2H]C(C)(c1ccccc1)c1cccc(-c2cc([Si](C)(C)C)ccn2)c1. The minimum absolute atomic E-state index is 0.784. The van der Waals surface area contributed by atoms with Gasteiger partial charge < -0.3 is 0 Å². The molecule has 3 aromatic rings. The lowest BCUT2D eigenvalue weighted by molar-refractivity contribution is 0.923. The van der Waals surface area contributed by atoms with Crippen molar-refractivity contribution in [2.24, 2.45) is 0 Å². The third kappa shape index (κ3) is 3.65. The molecular formula is C22H25NSi. The zero-order chi connectivity index (χ0) is 18.1. The van der Waals surface area contributed by atoms with Crippen molar-refractivity contribution in [2.45, 2.75) is 32.5 Å². The van der Waals surface area contributed by atoms with E-state index in [-0.39, 0.29) is 0 Å². The van der Waals surface area contributed by atoms with Crippen LogP contribution < -0.4 is 5.19 Å².